The van der Waals surface area contributed by atoms with E-state index in [4.69, 9.17) is 10.5 Å². The van der Waals surface area contributed by atoms with Gasteiger partial charge in [0.1, 0.15) is 5.75 Å². The van der Waals surface area contributed by atoms with E-state index in [0.717, 1.165) is 22.2 Å². The second-order valence-corrected chi connectivity index (χ2v) is 5.60. The zero-order valence-corrected chi connectivity index (χ0v) is 12.8. The molecule has 2 aromatic carbocycles. The van der Waals surface area contributed by atoms with Crippen LogP contribution in [0, 0.1) is 6.92 Å². The first-order valence-corrected chi connectivity index (χ1v) is 7.04. The molecular formula is C16H18BrNO. The number of aryl methyl sites for hydroxylation is 1. The van der Waals surface area contributed by atoms with Crippen molar-refractivity contribution in [1.82, 2.24) is 0 Å². The molecule has 2 rings (SSSR count). The zero-order chi connectivity index (χ0) is 13.8. The van der Waals surface area contributed by atoms with Crippen molar-refractivity contribution in [2.45, 2.75) is 19.4 Å². The lowest BCUT2D eigenvalue weighted by Gasteiger charge is -2.16. The minimum Gasteiger partial charge on any atom is -0.496 e. The zero-order valence-electron chi connectivity index (χ0n) is 11.2. The summed E-state index contributed by atoms with van der Waals surface area (Å²) in [4.78, 5) is 0. The summed E-state index contributed by atoms with van der Waals surface area (Å²) < 4.78 is 6.39. The normalized spacial score (nSPS) is 12.2. The van der Waals surface area contributed by atoms with E-state index in [9.17, 15) is 0 Å². The van der Waals surface area contributed by atoms with Crippen LogP contribution in [0.15, 0.2) is 46.9 Å². The van der Waals surface area contributed by atoms with E-state index in [1.807, 2.05) is 18.2 Å². The molecule has 0 aliphatic carbocycles. The maximum Gasteiger partial charge on any atom is 0.123 e. The Morgan fingerprint density at radius 2 is 1.84 bits per heavy atom. The smallest absolute Gasteiger partial charge is 0.123 e. The van der Waals surface area contributed by atoms with Crippen LogP contribution >= 0.6 is 15.9 Å². The van der Waals surface area contributed by atoms with E-state index in [2.05, 4.69) is 47.1 Å². The average Bonchev–Trinajstić information content (AvgIpc) is 2.41. The molecule has 2 N–H and O–H groups in total. The van der Waals surface area contributed by atoms with Crippen molar-refractivity contribution in [2.24, 2.45) is 5.73 Å². The number of hydrogen-bond donors (Lipinski definition) is 1. The highest BCUT2D eigenvalue weighted by Gasteiger charge is 2.13. The Morgan fingerprint density at radius 1 is 1.16 bits per heavy atom. The van der Waals surface area contributed by atoms with Gasteiger partial charge < -0.3 is 10.5 Å². The van der Waals surface area contributed by atoms with E-state index >= 15 is 0 Å². The SMILES string of the molecule is COc1ccc(Br)cc1C(N)Cc1ccc(C)cc1. The largest absolute Gasteiger partial charge is 0.496 e. The third-order valence-corrected chi connectivity index (χ3v) is 3.66. The lowest BCUT2D eigenvalue weighted by molar-refractivity contribution is 0.405. The maximum atomic E-state index is 6.31. The standard InChI is InChI=1S/C16H18BrNO/c1-11-3-5-12(6-4-11)9-15(18)14-10-13(17)7-8-16(14)19-2/h3-8,10,15H,9,18H2,1-2H3. The van der Waals surface area contributed by atoms with Gasteiger partial charge in [-0.05, 0) is 37.1 Å². The Bertz CT molecular complexity index is 551. The van der Waals surface area contributed by atoms with Gasteiger partial charge in [0.05, 0.1) is 7.11 Å². The van der Waals surface area contributed by atoms with Gasteiger partial charge >= 0.3 is 0 Å². The third kappa shape index (κ3) is 3.58. The Hall–Kier alpha value is -1.32. The molecule has 0 aromatic heterocycles. The average molecular weight is 320 g/mol. The minimum absolute atomic E-state index is 0.0739. The van der Waals surface area contributed by atoms with Crippen LogP contribution in [0.1, 0.15) is 22.7 Å². The first-order valence-electron chi connectivity index (χ1n) is 6.24. The maximum absolute atomic E-state index is 6.31. The van der Waals surface area contributed by atoms with Crippen molar-refractivity contribution in [3.8, 4) is 5.75 Å². The van der Waals surface area contributed by atoms with Gasteiger partial charge in [0, 0.05) is 16.1 Å². The molecule has 2 nitrogen and oxygen atoms in total. The van der Waals surface area contributed by atoms with Crippen LogP contribution in [0.4, 0.5) is 0 Å². The highest BCUT2D eigenvalue weighted by molar-refractivity contribution is 9.10. The van der Waals surface area contributed by atoms with Crippen LogP contribution in [0.2, 0.25) is 0 Å². The van der Waals surface area contributed by atoms with Crippen molar-refractivity contribution in [2.75, 3.05) is 7.11 Å². The quantitative estimate of drug-likeness (QED) is 0.924. The van der Waals surface area contributed by atoms with Gasteiger partial charge in [0.25, 0.3) is 0 Å². The Morgan fingerprint density at radius 3 is 2.47 bits per heavy atom. The molecule has 0 amide bonds. The molecule has 0 heterocycles. The second-order valence-electron chi connectivity index (χ2n) is 4.68. The molecule has 19 heavy (non-hydrogen) atoms. The van der Waals surface area contributed by atoms with Gasteiger partial charge in [0.2, 0.25) is 0 Å². The molecule has 0 saturated carbocycles. The summed E-state index contributed by atoms with van der Waals surface area (Å²) in [5.74, 6) is 0.836. The summed E-state index contributed by atoms with van der Waals surface area (Å²) in [6, 6.07) is 14.3. The molecule has 2 aromatic rings. The van der Waals surface area contributed by atoms with Crippen LogP contribution in [0.3, 0.4) is 0 Å². The molecule has 1 atom stereocenters. The number of halogens is 1. The van der Waals surface area contributed by atoms with Crippen molar-refractivity contribution in [3.05, 3.63) is 63.6 Å². The van der Waals surface area contributed by atoms with Gasteiger partial charge in [-0.15, -0.1) is 0 Å². The Kier molecular flexibility index (Phi) is 4.61. The van der Waals surface area contributed by atoms with Gasteiger partial charge in [-0.25, -0.2) is 0 Å². The van der Waals surface area contributed by atoms with E-state index in [-0.39, 0.29) is 6.04 Å². The number of hydrogen-bond acceptors (Lipinski definition) is 2. The van der Waals surface area contributed by atoms with Crippen molar-refractivity contribution in [1.29, 1.82) is 0 Å². The summed E-state index contributed by atoms with van der Waals surface area (Å²) >= 11 is 3.48. The molecular weight excluding hydrogens is 302 g/mol. The summed E-state index contributed by atoms with van der Waals surface area (Å²) in [6.45, 7) is 2.08. The molecule has 0 bridgehead atoms. The molecule has 0 aliphatic heterocycles. The lowest BCUT2D eigenvalue weighted by atomic mass is 9.98. The van der Waals surface area contributed by atoms with Gasteiger partial charge in [0.15, 0.2) is 0 Å². The van der Waals surface area contributed by atoms with Gasteiger partial charge in [-0.1, -0.05) is 45.8 Å². The molecule has 0 radical (unpaired) electrons. The van der Waals surface area contributed by atoms with Crippen molar-refractivity contribution < 1.29 is 4.74 Å². The molecule has 0 saturated heterocycles. The number of rotatable bonds is 4. The fourth-order valence-corrected chi connectivity index (χ4v) is 2.46. The molecule has 3 heteroatoms. The fourth-order valence-electron chi connectivity index (χ4n) is 2.08. The Balaban J connectivity index is 2.21. The predicted octanol–water partition coefficient (Wildman–Crippen LogP) is 4.01. The summed E-state index contributed by atoms with van der Waals surface area (Å²) in [5.41, 5.74) is 9.83. The molecule has 0 aliphatic rings. The highest BCUT2D eigenvalue weighted by Crippen LogP contribution is 2.29. The molecule has 0 spiro atoms. The van der Waals surface area contributed by atoms with E-state index < -0.39 is 0 Å². The first kappa shape index (κ1) is 14.1. The monoisotopic (exact) mass is 319 g/mol. The Labute approximate surface area is 122 Å². The van der Waals surface area contributed by atoms with Crippen LogP contribution in [-0.4, -0.2) is 7.11 Å². The summed E-state index contributed by atoms with van der Waals surface area (Å²) in [7, 11) is 1.67. The number of methoxy groups -OCH3 is 1. The van der Waals surface area contributed by atoms with E-state index in [1.54, 1.807) is 7.11 Å². The van der Waals surface area contributed by atoms with Crippen LogP contribution in [0.5, 0.6) is 5.75 Å². The highest BCUT2D eigenvalue weighted by atomic mass is 79.9. The summed E-state index contributed by atoms with van der Waals surface area (Å²) in [6.07, 6.45) is 0.799. The number of benzene rings is 2. The predicted molar refractivity (Wildman–Crippen MR) is 82.5 cm³/mol. The van der Waals surface area contributed by atoms with Crippen LogP contribution in [-0.2, 0) is 6.42 Å². The molecule has 100 valence electrons. The summed E-state index contributed by atoms with van der Waals surface area (Å²) in [5, 5.41) is 0. The number of ether oxygens (including phenoxy) is 1. The topological polar surface area (TPSA) is 35.2 Å². The fraction of sp³-hybridized carbons (Fsp3) is 0.250. The first-order chi connectivity index (χ1) is 9.10. The van der Waals surface area contributed by atoms with Crippen molar-refractivity contribution >= 4 is 15.9 Å². The van der Waals surface area contributed by atoms with Crippen molar-refractivity contribution in [3.63, 3.8) is 0 Å². The van der Waals surface area contributed by atoms with Crippen LogP contribution < -0.4 is 10.5 Å². The van der Waals surface area contributed by atoms with E-state index in [0.29, 0.717) is 0 Å². The molecule has 1 unspecified atom stereocenters. The molecule has 0 fully saturated rings. The van der Waals surface area contributed by atoms with Gasteiger partial charge in [-0.2, -0.15) is 0 Å². The second kappa shape index (κ2) is 6.22. The minimum atomic E-state index is -0.0739. The van der Waals surface area contributed by atoms with E-state index in [1.165, 1.54) is 11.1 Å². The van der Waals surface area contributed by atoms with Crippen LogP contribution in [0.25, 0.3) is 0 Å². The van der Waals surface area contributed by atoms with Gasteiger partial charge in [-0.3, -0.25) is 0 Å². The lowest BCUT2D eigenvalue weighted by Crippen LogP contribution is -2.14. The third-order valence-electron chi connectivity index (χ3n) is 3.17. The number of nitrogens with two attached hydrogens (primary N) is 1.